The molecular formula is C13H17BrN2. The van der Waals surface area contributed by atoms with Gasteiger partial charge in [-0.15, -0.1) is 0 Å². The monoisotopic (exact) mass is 280 g/mol. The van der Waals surface area contributed by atoms with E-state index in [-0.39, 0.29) is 0 Å². The van der Waals surface area contributed by atoms with E-state index >= 15 is 0 Å². The molecule has 0 heterocycles. The van der Waals surface area contributed by atoms with Crippen molar-refractivity contribution in [3.8, 4) is 0 Å². The molecule has 86 valence electrons. The highest BCUT2D eigenvalue weighted by Crippen LogP contribution is 2.61. The molecule has 0 bridgehead atoms. The van der Waals surface area contributed by atoms with Gasteiger partial charge in [0.1, 0.15) is 0 Å². The minimum atomic E-state index is 0.640. The zero-order valence-electron chi connectivity index (χ0n) is 9.30. The Morgan fingerprint density at radius 2 is 2.12 bits per heavy atom. The zero-order valence-corrected chi connectivity index (χ0v) is 10.9. The molecule has 2 fully saturated rings. The van der Waals surface area contributed by atoms with Crippen LogP contribution in [0.5, 0.6) is 0 Å². The second kappa shape index (κ2) is 3.66. The van der Waals surface area contributed by atoms with Crippen LogP contribution in [-0.2, 0) is 0 Å². The van der Waals surface area contributed by atoms with Gasteiger partial charge in [-0.3, -0.25) is 0 Å². The Morgan fingerprint density at radius 3 is 2.69 bits per heavy atom. The lowest BCUT2D eigenvalue weighted by Crippen LogP contribution is -2.17. The Bertz CT molecular complexity index is 408. The van der Waals surface area contributed by atoms with Crippen molar-refractivity contribution in [2.45, 2.75) is 25.7 Å². The number of benzene rings is 1. The minimum Gasteiger partial charge on any atom is -0.399 e. The molecule has 0 amide bonds. The van der Waals surface area contributed by atoms with Crippen LogP contribution in [-0.4, -0.2) is 6.54 Å². The predicted octanol–water partition coefficient (Wildman–Crippen LogP) is 3.63. The average Bonchev–Trinajstić information content (AvgIpc) is 3.11. The van der Waals surface area contributed by atoms with Crippen LogP contribution in [0.15, 0.2) is 22.7 Å². The van der Waals surface area contributed by atoms with E-state index in [2.05, 4.69) is 27.3 Å². The molecule has 16 heavy (non-hydrogen) atoms. The minimum absolute atomic E-state index is 0.640. The lowest BCUT2D eigenvalue weighted by molar-refractivity contribution is 0.467. The molecule has 0 radical (unpaired) electrons. The highest BCUT2D eigenvalue weighted by Gasteiger charge is 2.53. The van der Waals surface area contributed by atoms with Gasteiger partial charge in [-0.2, -0.15) is 0 Å². The van der Waals surface area contributed by atoms with Gasteiger partial charge in [0.05, 0.1) is 0 Å². The number of halogens is 1. The summed E-state index contributed by atoms with van der Waals surface area (Å²) < 4.78 is 1.07. The number of rotatable bonds is 4. The summed E-state index contributed by atoms with van der Waals surface area (Å²) in [5.41, 5.74) is 8.34. The van der Waals surface area contributed by atoms with Crippen molar-refractivity contribution in [2.24, 2.45) is 11.3 Å². The van der Waals surface area contributed by atoms with Crippen molar-refractivity contribution >= 4 is 27.3 Å². The first-order chi connectivity index (χ1) is 7.70. The third kappa shape index (κ3) is 1.93. The third-order valence-corrected chi connectivity index (χ3v) is 4.62. The van der Waals surface area contributed by atoms with Crippen LogP contribution >= 0.6 is 15.9 Å². The summed E-state index contributed by atoms with van der Waals surface area (Å²) >= 11 is 3.55. The number of nitrogen functional groups attached to an aromatic ring is 1. The second-order valence-electron chi connectivity index (χ2n) is 5.23. The van der Waals surface area contributed by atoms with Crippen LogP contribution in [0.2, 0.25) is 0 Å². The average molecular weight is 281 g/mol. The SMILES string of the molecule is Nc1ccc(NCC2(C3CC3)CC2)c(Br)c1. The fourth-order valence-electron chi connectivity index (χ4n) is 2.53. The van der Waals surface area contributed by atoms with Gasteiger partial charge in [-0.25, -0.2) is 0 Å². The Hall–Kier alpha value is -0.700. The van der Waals surface area contributed by atoms with Gasteiger partial charge in [0, 0.05) is 22.4 Å². The molecular weight excluding hydrogens is 264 g/mol. The van der Waals surface area contributed by atoms with Crippen molar-refractivity contribution < 1.29 is 0 Å². The molecule has 3 rings (SSSR count). The molecule has 2 aliphatic rings. The molecule has 0 unspecified atom stereocenters. The molecule has 0 aromatic heterocycles. The van der Waals surface area contributed by atoms with E-state index in [1.54, 1.807) is 0 Å². The maximum atomic E-state index is 5.72. The Balaban J connectivity index is 1.66. The quantitative estimate of drug-likeness (QED) is 0.827. The van der Waals surface area contributed by atoms with Crippen molar-refractivity contribution in [3.05, 3.63) is 22.7 Å². The molecule has 0 aliphatic heterocycles. The largest absolute Gasteiger partial charge is 0.399 e. The van der Waals surface area contributed by atoms with Crippen molar-refractivity contribution in [1.29, 1.82) is 0 Å². The molecule has 1 aromatic carbocycles. The topological polar surface area (TPSA) is 38.0 Å². The Morgan fingerprint density at radius 1 is 1.38 bits per heavy atom. The highest BCUT2D eigenvalue weighted by atomic mass is 79.9. The lowest BCUT2D eigenvalue weighted by atomic mass is 10.0. The Labute approximate surface area is 105 Å². The van der Waals surface area contributed by atoms with E-state index in [1.807, 2.05) is 12.1 Å². The summed E-state index contributed by atoms with van der Waals surface area (Å²) in [4.78, 5) is 0. The first-order valence-corrected chi connectivity index (χ1v) is 6.78. The van der Waals surface area contributed by atoms with Crippen LogP contribution in [0, 0.1) is 11.3 Å². The molecule has 0 spiro atoms. The molecule has 1 aromatic rings. The number of nitrogens with one attached hydrogen (secondary N) is 1. The van der Waals surface area contributed by atoms with E-state index in [0.29, 0.717) is 5.41 Å². The maximum absolute atomic E-state index is 5.72. The van der Waals surface area contributed by atoms with Crippen LogP contribution in [0.1, 0.15) is 25.7 Å². The van der Waals surface area contributed by atoms with E-state index in [0.717, 1.165) is 22.6 Å². The van der Waals surface area contributed by atoms with Gasteiger partial charge in [0.25, 0.3) is 0 Å². The van der Waals surface area contributed by atoms with Gasteiger partial charge in [-0.1, -0.05) is 0 Å². The number of nitrogens with two attached hydrogens (primary N) is 1. The Kier molecular flexibility index (Phi) is 2.39. The first kappa shape index (κ1) is 10.5. The predicted molar refractivity (Wildman–Crippen MR) is 71.4 cm³/mol. The first-order valence-electron chi connectivity index (χ1n) is 5.99. The summed E-state index contributed by atoms with van der Waals surface area (Å²) in [5, 5.41) is 3.56. The fourth-order valence-corrected chi connectivity index (χ4v) is 3.07. The fraction of sp³-hybridized carbons (Fsp3) is 0.538. The normalized spacial score (nSPS) is 21.8. The van der Waals surface area contributed by atoms with E-state index in [1.165, 1.54) is 31.4 Å². The molecule has 2 aliphatic carbocycles. The van der Waals surface area contributed by atoms with E-state index < -0.39 is 0 Å². The van der Waals surface area contributed by atoms with Gasteiger partial charge in [0.2, 0.25) is 0 Å². The maximum Gasteiger partial charge on any atom is 0.0486 e. The van der Waals surface area contributed by atoms with Crippen molar-refractivity contribution in [3.63, 3.8) is 0 Å². The smallest absolute Gasteiger partial charge is 0.0486 e. The van der Waals surface area contributed by atoms with Crippen molar-refractivity contribution in [2.75, 3.05) is 17.6 Å². The highest BCUT2D eigenvalue weighted by molar-refractivity contribution is 9.10. The van der Waals surface area contributed by atoms with Crippen LogP contribution in [0.3, 0.4) is 0 Å². The summed E-state index contributed by atoms with van der Waals surface area (Å²) in [6, 6.07) is 5.96. The summed E-state index contributed by atoms with van der Waals surface area (Å²) in [5.74, 6) is 1.01. The molecule has 3 N–H and O–H groups in total. The standard InChI is InChI=1S/C13H17BrN2/c14-11-7-10(15)3-4-12(11)16-8-13(5-6-13)9-1-2-9/h3-4,7,9,16H,1-2,5-6,8,15H2. The van der Waals surface area contributed by atoms with Gasteiger partial charge in [-0.05, 0) is 71.1 Å². The number of anilines is 2. The molecule has 2 saturated carbocycles. The third-order valence-electron chi connectivity index (χ3n) is 3.96. The van der Waals surface area contributed by atoms with Crippen LogP contribution < -0.4 is 11.1 Å². The molecule has 0 saturated heterocycles. The molecule has 0 atom stereocenters. The second-order valence-corrected chi connectivity index (χ2v) is 6.08. The zero-order chi connectivity index (χ0) is 11.2. The van der Waals surface area contributed by atoms with Gasteiger partial charge in [0.15, 0.2) is 0 Å². The summed E-state index contributed by atoms with van der Waals surface area (Å²) in [6.45, 7) is 1.13. The van der Waals surface area contributed by atoms with Gasteiger partial charge >= 0.3 is 0 Å². The molecule has 2 nitrogen and oxygen atoms in total. The molecule has 3 heteroatoms. The number of hydrogen-bond acceptors (Lipinski definition) is 2. The lowest BCUT2D eigenvalue weighted by Gasteiger charge is -2.17. The van der Waals surface area contributed by atoms with E-state index in [9.17, 15) is 0 Å². The van der Waals surface area contributed by atoms with Crippen LogP contribution in [0.4, 0.5) is 11.4 Å². The summed E-state index contributed by atoms with van der Waals surface area (Å²) in [7, 11) is 0. The summed E-state index contributed by atoms with van der Waals surface area (Å²) in [6.07, 6.45) is 5.73. The number of hydrogen-bond donors (Lipinski definition) is 2. The van der Waals surface area contributed by atoms with Crippen LogP contribution in [0.25, 0.3) is 0 Å². The van der Waals surface area contributed by atoms with Gasteiger partial charge < -0.3 is 11.1 Å². The van der Waals surface area contributed by atoms with E-state index in [4.69, 9.17) is 5.73 Å². The van der Waals surface area contributed by atoms with Crippen molar-refractivity contribution in [1.82, 2.24) is 0 Å².